The third-order valence-corrected chi connectivity index (χ3v) is 12.6. The van der Waals surface area contributed by atoms with Crippen molar-refractivity contribution in [3.8, 4) is 16.9 Å². The van der Waals surface area contributed by atoms with Gasteiger partial charge in [0.25, 0.3) is 0 Å². The number of pyridine rings is 1. The molecule has 0 saturated heterocycles. The van der Waals surface area contributed by atoms with Crippen molar-refractivity contribution in [2.45, 2.75) is 105 Å². The van der Waals surface area contributed by atoms with E-state index < -0.39 is 87.8 Å². The Hall–Kier alpha value is -3.88. The van der Waals surface area contributed by atoms with Crippen molar-refractivity contribution in [1.82, 2.24) is 19.9 Å². The molecule has 302 valence electrons. The van der Waals surface area contributed by atoms with E-state index in [1.54, 1.807) is 12.4 Å². The molecule has 18 heteroatoms. The van der Waals surface area contributed by atoms with Crippen molar-refractivity contribution in [2.24, 2.45) is 5.73 Å². The second kappa shape index (κ2) is 16.7. The summed E-state index contributed by atoms with van der Waals surface area (Å²) in [6, 6.07) is 8.08. The largest absolute Gasteiger partial charge is 0.490 e. The first-order valence-corrected chi connectivity index (χ1v) is 19.3. The van der Waals surface area contributed by atoms with Gasteiger partial charge in [0, 0.05) is 43.1 Å². The first kappa shape index (κ1) is 42.3. The summed E-state index contributed by atoms with van der Waals surface area (Å²) < 4.78 is 77.4. The lowest BCUT2D eigenvalue weighted by Gasteiger charge is -2.40. The number of alkyl halides is 3. The summed E-state index contributed by atoms with van der Waals surface area (Å²) in [7, 11) is -3.33. The van der Waals surface area contributed by atoms with Crippen molar-refractivity contribution in [2.75, 3.05) is 20.3 Å². The molecular weight excluding hydrogens is 747 g/mol. The molecule has 2 aliphatic rings. The molecule has 0 radical (unpaired) electrons. The number of aliphatic hydroxyl groups is 5. The molecular formula is C37H48F3N5O9S. The summed E-state index contributed by atoms with van der Waals surface area (Å²) >= 11 is 0. The Morgan fingerprint density at radius 3 is 2.38 bits per heavy atom. The van der Waals surface area contributed by atoms with Gasteiger partial charge >= 0.3 is 12.2 Å². The third-order valence-electron chi connectivity index (χ3n) is 10.5. The minimum absolute atomic E-state index is 0.135. The zero-order chi connectivity index (χ0) is 40.3. The minimum atomic E-state index is -4.77. The molecule has 2 fully saturated rings. The Morgan fingerprint density at radius 2 is 1.78 bits per heavy atom. The number of amides is 2. The maximum Gasteiger partial charge on any atom is 0.416 e. The summed E-state index contributed by atoms with van der Waals surface area (Å²) in [6.07, 6.45) is -3.05. The molecule has 55 heavy (non-hydrogen) atoms. The third kappa shape index (κ3) is 9.40. The van der Waals surface area contributed by atoms with Crippen LogP contribution in [0.25, 0.3) is 11.1 Å². The normalized spacial score (nSPS) is 18.9. The van der Waals surface area contributed by atoms with E-state index in [0.29, 0.717) is 24.7 Å². The zero-order valence-corrected chi connectivity index (χ0v) is 31.2. The molecule has 0 bridgehead atoms. The topological polar surface area (TPSA) is 228 Å². The number of nitrogens with one attached hydrogen (secondary N) is 2. The van der Waals surface area contributed by atoms with Gasteiger partial charge in [-0.05, 0) is 92.5 Å². The van der Waals surface area contributed by atoms with Crippen LogP contribution in [0.1, 0.15) is 62.1 Å². The number of aromatic nitrogens is 1. The fourth-order valence-electron chi connectivity index (χ4n) is 6.68. The van der Waals surface area contributed by atoms with E-state index in [0.717, 1.165) is 46.0 Å². The van der Waals surface area contributed by atoms with Crippen LogP contribution in [0.3, 0.4) is 0 Å². The Kier molecular flexibility index (Phi) is 12.8. The van der Waals surface area contributed by atoms with Crippen LogP contribution in [-0.4, -0.2) is 106 Å². The molecule has 2 aromatic carbocycles. The van der Waals surface area contributed by atoms with Crippen LogP contribution < -0.4 is 21.1 Å². The van der Waals surface area contributed by atoms with Crippen LogP contribution in [0.2, 0.25) is 0 Å². The predicted octanol–water partition coefficient (Wildman–Crippen LogP) is 2.35. The Morgan fingerprint density at radius 1 is 1.09 bits per heavy atom. The average Bonchev–Trinajstić information content (AvgIpc) is 4.11. The monoisotopic (exact) mass is 795 g/mol. The number of rotatable bonds is 19. The summed E-state index contributed by atoms with van der Waals surface area (Å²) in [4.78, 5) is 15.3. The van der Waals surface area contributed by atoms with E-state index >= 15 is 0 Å². The maximum absolute atomic E-state index is 14.2. The predicted molar refractivity (Wildman–Crippen MR) is 194 cm³/mol. The van der Waals surface area contributed by atoms with E-state index in [-0.39, 0.29) is 24.6 Å². The lowest BCUT2D eigenvalue weighted by atomic mass is 9.81. The summed E-state index contributed by atoms with van der Waals surface area (Å²) in [5.74, 6) is 0.700. The lowest BCUT2D eigenvalue weighted by molar-refractivity contribution is -0.173. The minimum Gasteiger partial charge on any atom is -0.490 e. The van der Waals surface area contributed by atoms with E-state index in [4.69, 9.17) is 10.5 Å². The van der Waals surface area contributed by atoms with Gasteiger partial charge in [-0.3, -0.25) is 4.98 Å². The number of halogens is 3. The average molecular weight is 796 g/mol. The fourth-order valence-corrected chi connectivity index (χ4v) is 8.28. The van der Waals surface area contributed by atoms with Crippen molar-refractivity contribution in [3.63, 3.8) is 0 Å². The fraction of sp³-hybridized carbons (Fsp3) is 0.514. The Balaban J connectivity index is 1.41. The smallest absolute Gasteiger partial charge is 0.416 e. The molecule has 1 heterocycles. The van der Waals surface area contributed by atoms with Crippen LogP contribution in [0.15, 0.2) is 65.8 Å². The molecule has 2 saturated carbocycles. The van der Waals surface area contributed by atoms with Gasteiger partial charge in [0.15, 0.2) is 0 Å². The van der Waals surface area contributed by atoms with Crippen molar-refractivity contribution in [1.29, 1.82) is 0 Å². The molecule has 5 rings (SSSR count). The SMILES string of the molecule is CC(CC[C@@](O)([C@H](O)CO)[C@H](O)[C@H](CO)NC(N)=O)N(C)S(=O)(=O)c1ccc(C(F)(F)F)cc1CNC1(c2cnccc2-c2ccccc2OC2CC2)CC1. The summed E-state index contributed by atoms with van der Waals surface area (Å²) in [5, 5.41) is 57.3. The standard InChI is InChI=1S/C37H48F3N5O9S/c1-22(11-13-36(51,32(48)21-47)33(49)29(20-46)44-34(41)50)45(2)55(52,53)31-10-7-24(37(38,39)40)17-23(31)18-43-35(14-15-35)28-19-42-16-12-26(28)27-5-3-4-6-30(27)54-25-8-9-25/h3-7,10,12,16-17,19,22,25,29,32-33,43,46-49,51H,8-9,11,13-15,18,20-21H2,1-2H3,(H3,41,44,50)/t22?,29-,32+,33+,36+/m0/s1. The van der Waals surface area contributed by atoms with Crippen LogP contribution in [0, 0.1) is 0 Å². The van der Waals surface area contributed by atoms with Crippen LogP contribution >= 0.6 is 0 Å². The van der Waals surface area contributed by atoms with Gasteiger partial charge in [-0.15, -0.1) is 0 Å². The van der Waals surface area contributed by atoms with Crippen LogP contribution in [0.4, 0.5) is 18.0 Å². The highest BCUT2D eigenvalue weighted by Gasteiger charge is 2.48. The Bertz CT molecular complexity index is 1930. The zero-order valence-electron chi connectivity index (χ0n) is 30.4. The number of aliphatic hydroxyl groups excluding tert-OH is 4. The van der Waals surface area contributed by atoms with Gasteiger partial charge in [-0.25, -0.2) is 13.2 Å². The van der Waals surface area contributed by atoms with E-state index in [1.807, 2.05) is 35.6 Å². The molecule has 14 nitrogen and oxygen atoms in total. The highest BCUT2D eigenvalue weighted by atomic mass is 32.2. The number of sulfonamides is 1. The van der Waals surface area contributed by atoms with Crippen molar-refractivity contribution >= 4 is 16.1 Å². The van der Waals surface area contributed by atoms with Gasteiger partial charge < -0.3 is 46.6 Å². The number of para-hydroxylation sites is 1. The van der Waals surface area contributed by atoms with Gasteiger partial charge in [0.1, 0.15) is 23.6 Å². The van der Waals surface area contributed by atoms with Crippen molar-refractivity contribution in [3.05, 3.63) is 77.6 Å². The lowest BCUT2D eigenvalue weighted by Crippen LogP contribution is -2.63. The molecule has 2 amide bonds. The molecule has 5 atom stereocenters. The number of nitrogens with two attached hydrogens (primary N) is 1. The number of primary amides is 1. The molecule has 9 N–H and O–H groups in total. The number of nitrogens with zero attached hydrogens (tertiary/aromatic N) is 2. The molecule has 2 aliphatic carbocycles. The van der Waals surface area contributed by atoms with Crippen LogP contribution in [0.5, 0.6) is 5.75 Å². The molecule has 0 spiro atoms. The first-order chi connectivity index (χ1) is 25.9. The molecule has 1 aromatic heterocycles. The number of carbonyl (C=O) groups is 1. The quantitative estimate of drug-likeness (QED) is 0.0879. The summed E-state index contributed by atoms with van der Waals surface area (Å²) in [6.45, 7) is -0.782. The highest BCUT2D eigenvalue weighted by Crippen LogP contribution is 2.50. The van der Waals surface area contributed by atoms with Crippen LogP contribution in [-0.2, 0) is 28.3 Å². The maximum atomic E-state index is 14.2. The molecule has 3 aromatic rings. The van der Waals surface area contributed by atoms with E-state index in [1.165, 1.54) is 14.0 Å². The molecule has 0 aliphatic heterocycles. The summed E-state index contributed by atoms with van der Waals surface area (Å²) in [5.41, 5.74) is 3.06. The number of benzene rings is 2. The number of carbonyl (C=O) groups excluding carboxylic acids is 1. The van der Waals surface area contributed by atoms with Gasteiger partial charge in [-0.1, -0.05) is 18.2 Å². The van der Waals surface area contributed by atoms with Gasteiger partial charge in [0.05, 0.1) is 35.8 Å². The number of urea groups is 1. The number of hydrogen-bond donors (Lipinski definition) is 8. The molecule has 1 unspecified atom stereocenters. The highest BCUT2D eigenvalue weighted by molar-refractivity contribution is 7.89. The number of hydrogen-bond acceptors (Lipinski definition) is 11. The second-order valence-electron chi connectivity index (χ2n) is 14.3. The van der Waals surface area contributed by atoms with Gasteiger partial charge in [-0.2, -0.15) is 17.5 Å². The Labute approximate surface area is 317 Å². The van der Waals surface area contributed by atoms with E-state index in [2.05, 4.69) is 10.3 Å². The second-order valence-corrected chi connectivity index (χ2v) is 16.3. The van der Waals surface area contributed by atoms with Crippen molar-refractivity contribution < 1.29 is 56.7 Å². The van der Waals surface area contributed by atoms with E-state index in [9.17, 15) is 51.9 Å². The van der Waals surface area contributed by atoms with Gasteiger partial charge in [0.2, 0.25) is 10.0 Å². The number of ether oxygens (including phenoxy) is 1. The first-order valence-electron chi connectivity index (χ1n) is 17.9.